The predicted octanol–water partition coefficient (Wildman–Crippen LogP) is 2.88. The summed E-state index contributed by atoms with van der Waals surface area (Å²) in [4.78, 5) is 7.46. The van der Waals surface area contributed by atoms with Crippen molar-refractivity contribution in [3.05, 3.63) is 30.1 Å². The van der Waals surface area contributed by atoms with E-state index in [2.05, 4.69) is 40.5 Å². The molecule has 0 radical (unpaired) electrons. The molecule has 1 fully saturated rings. The molecule has 18 heavy (non-hydrogen) atoms. The number of rotatable bonds is 3. The zero-order valence-corrected chi connectivity index (χ0v) is 10.9. The second kappa shape index (κ2) is 5.11. The molecule has 2 N–H and O–H groups in total. The van der Waals surface area contributed by atoms with Gasteiger partial charge >= 0.3 is 0 Å². The molecule has 1 aromatic carbocycles. The number of benzene rings is 1. The summed E-state index contributed by atoms with van der Waals surface area (Å²) in [6, 6.07) is 7.36. The number of hydrogen-bond acceptors (Lipinski definition) is 2. The fourth-order valence-corrected chi connectivity index (χ4v) is 3.10. The van der Waals surface area contributed by atoms with Gasteiger partial charge in [0.1, 0.15) is 0 Å². The monoisotopic (exact) mass is 243 g/mol. The summed E-state index contributed by atoms with van der Waals surface area (Å²) >= 11 is 0. The van der Waals surface area contributed by atoms with Crippen LogP contribution in [0.15, 0.2) is 24.5 Å². The standard InChI is InChI=1S/C15H21N3/c1-16-13-5-2-11(3-6-13)8-12-4-7-14-15(9-12)18-10-17-14/h4,7,9-11,13,16H,2-3,5-6,8H2,1H3,(H,17,18). The van der Waals surface area contributed by atoms with Gasteiger partial charge in [0.05, 0.1) is 17.4 Å². The lowest BCUT2D eigenvalue weighted by Gasteiger charge is -2.28. The molecule has 3 rings (SSSR count). The molecule has 0 amide bonds. The zero-order valence-electron chi connectivity index (χ0n) is 10.9. The van der Waals surface area contributed by atoms with Crippen LogP contribution < -0.4 is 5.32 Å². The van der Waals surface area contributed by atoms with Crippen molar-refractivity contribution in [1.29, 1.82) is 0 Å². The lowest BCUT2D eigenvalue weighted by atomic mass is 9.82. The molecule has 0 atom stereocenters. The van der Waals surface area contributed by atoms with Gasteiger partial charge in [0.15, 0.2) is 0 Å². The van der Waals surface area contributed by atoms with E-state index in [0.717, 1.165) is 23.0 Å². The van der Waals surface area contributed by atoms with Gasteiger partial charge in [0.25, 0.3) is 0 Å². The lowest BCUT2D eigenvalue weighted by Crippen LogP contribution is -2.30. The molecule has 3 nitrogen and oxygen atoms in total. The highest BCUT2D eigenvalue weighted by Gasteiger charge is 2.20. The smallest absolute Gasteiger partial charge is 0.0931 e. The largest absolute Gasteiger partial charge is 0.345 e. The maximum atomic E-state index is 4.26. The van der Waals surface area contributed by atoms with Crippen molar-refractivity contribution in [3.8, 4) is 0 Å². The number of aromatic nitrogens is 2. The first kappa shape index (κ1) is 11.7. The summed E-state index contributed by atoms with van der Waals surface area (Å²) in [6.45, 7) is 0. The van der Waals surface area contributed by atoms with Crippen LogP contribution in [0.4, 0.5) is 0 Å². The summed E-state index contributed by atoms with van der Waals surface area (Å²) in [6.07, 6.45) is 8.35. The molecule has 0 bridgehead atoms. The Labute approximate surface area is 108 Å². The highest BCUT2D eigenvalue weighted by molar-refractivity contribution is 5.75. The topological polar surface area (TPSA) is 40.7 Å². The van der Waals surface area contributed by atoms with Gasteiger partial charge < -0.3 is 10.3 Å². The SMILES string of the molecule is CNC1CCC(Cc2ccc3nc[nH]c3c2)CC1. The summed E-state index contributed by atoms with van der Waals surface area (Å²) < 4.78 is 0. The maximum absolute atomic E-state index is 4.26. The fraction of sp³-hybridized carbons (Fsp3) is 0.533. The average Bonchev–Trinajstić information content (AvgIpc) is 2.87. The molecule has 0 spiro atoms. The molecule has 0 aliphatic heterocycles. The summed E-state index contributed by atoms with van der Waals surface area (Å²) in [5.74, 6) is 0.856. The number of imidazole rings is 1. The first-order valence-electron chi connectivity index (χ1n) is 6.94. The number of hydrogen-bond donors (Lipinski definition) is 2. The van der Waals surface area contributed by atoms with Crippen molar-refractivity contribution in [3.63, 3.8) is 0 Å². The van der Waals surface area contributed by atoms with E-state index in [1.807, 2.05) is 0 Å². The van der Waals surface area contributed by atoms with Crippen LogP contribution in [0.2, 0.25) is 0 Å². The third-order valence-electron chi connectivity index (χ3n) is 4.26. The minimum atomic E-state index is 0.747. The number of aromatic amines is 1. The van der Waals surface area contributed by atoms with Crippen LogP contribution in [0.1, 0.15) is 31.2 Å². The van der Waals surface area contributed by atoms with Crippen molar-refractivity contribution >= 4 is 11.0 Å². The summed E-state index contributed by atoms with van der Waals surface area (Å²) in [5.41, 5.74) is 3.67. The fourth-order valence-electron chi connectivity index (χ4n) is 3.10. The van der Waals surface area contributed by atoms with Crippen molar-refractivity contribution in [1.82, 2.24) is 15.3 Å². The van der Waals surface area contributed by atoms with Crippen molar-refractivity contribution in [2.75, 3.05) is 7.05 Å². The van der Waals surface area contributed by atoms with Gasteiger partial charge in [-0.1, -0.05) is 6.07 Å². The van der Waals surface area contributed by atoms with E-state index >= 15 is 0 Å². The normalized spacial score (nSPS) is 24.5. The van der Waals surface area contributed by atoms with E-state index in [0.29, 0.717) is 0 Å². The number of nitrogens with zero attached hydrogens (tertiary/aromatic N) is 1. The van der Waals surface area contributed by atoms with Gasteiger partial charge in [0, 0.05) is 6.04 Å². The third kappa shape index (κ3) is 2.41. The zero-order chi connectivity index (χ0) is 12.4. The van der Waals surface area contributed by atoms with E-state index in [1.165, 1.54) is 37.7 Å². The van der Waals surface area contributed by atoms with Gasteiger partial charge in [-0.15, -0.1) is 0 Å². The Bertz CT molecular complexity index is 509. The number of nitrogens with one attached hydrogen (secondary N) is 2. The second-order valence-corrected chi connectivity index (χ2v) is 5.46. The Balaban J connectivity index is 1.65. The van der Waals surface area contributed by atoms with E-state index in [-0.39, 0.29) is 0 Å². The van der Waals surface area contributed by atoms with Crippen LogP contribution in [0.5, 0.6) is 0 Å². The van der Waals surface area contributed by atoms with Crippen molar-refractivity contribution < 1.29 is 0 Å². The minimum absolute atomic E-state index is 0.747. The van der Waals surface area contributed by atoms with Crippen LogP contribution in [0.3, 0.4) is 0 Å². The van der Waals surface area contributed by atoms with Crippen LogP contribution in [0, 0.1) is 5.92 Å². The molecule has 0 unspecified atom stereocenters. The summed E-state index contributed by atoms with van der Waals surface area (Å²) in [7, 11) is 2.08. The van der Waals surface area contributed by atoms with Crippen LogP contribution in [-0.2, 0) is 6.42 Å². The van der Waals surface area contributed by atoms with Crippen molar-refractivity contribution in [2.24, 2.45) is 5.92 Å². The molecule has 3 heteroatoms. The first-order chi connectivity index (χ1) is 8.85. The number of H-pyrrole nitrogens is 1. The Morgan fingerprint density at radius 1 is 1.28 bits per heavy atom. The minimum Gasteiger partial charge on any atom is -0.345 e. The molecule has 1 aliphatic rings. The Morgan fingerprint density at radius 2 is 2.11 bits per heavy atom. The molecular weight excluding hydrogens is 222 g/mol. The molecule has 1 heterocycles. The number of fused-ring (bicyclic) bond motifs is 1. The van der Waals surface area contributed by atoms with E-state index in [1.54, 1.807) is 6.33 Å². The maximum Gasteiger partial charge on any atom is 0.0931 e. The van der Waals surface area contributed by atoms with E-state index in [4.69, 9.17) is 0 Å². The molecule has 2 aromatic rings. The molecule has 1 saturated carbocycles. The van der Waals surface area contributed by atoms with Crippen LogP contribution in [0.25, 0.3) is 11.0 Å². The Kier molecular flexibility index (Phi) is 3.33. The molecule has 1 aromatic heterocycles. The quantitative estimate of drug-likeness (QED) is 0.870. The second-order valence-electron chi connectivity index (χ2n) is 5.46. The van der Waals surface area contributed by atoms with E-state index in [9.17, 15) is 0 Å². The van der Waals surface area contributed by atoms with Gasteiger partial charge in [-0.2, -0.15) is 0 Å². The van der Waals surface area contributed by atoms with Crippen molar-refractivity contribution in [2.45, 2.75) is 38.1 Å². The highest BCUT2D eigenvalue weighted by Crippen LogP contribution is 2.27. The lowest BCUT2D eigenvalue weighted by molar-refractivity contribution is 0.300. The van der Waals surface area contributed by atoms with Gasteiger partial charge in [-0.3, -0.25) is 0 Å². The molecule has 0 saturated heterocycles. The summed E-state index contributed by atoms with van der Waals surface area (Å²) in [5, 5.41) is 3.40. The predicted molar refractivity (Wildman–Crippen MR) is 74.6 cm³/mol. The van der Waals surface area contributed by atoms with Gasteiger partial charge in [-0.25, -0.2) is 4.98 Å². The average molecular weight is 243 g/mol. The molecular formula is C15H21N3. The highest BCUT2D eigenvalue weighted by atomic mass is 14.9. The molecule has 1 aliphatic carbocycles. The third-order valence-corrected chi connectivity index (χ3v) is 4.26. The van der Waals surface area contributed by atoms with E-state index < -0.39 is 0 Å². The van der Waals surface area contributed by atoms with Crippen LogP contribution >= 0.6 is 0 Å². The van der Waals surface area contributed by atoms with Crippen LogP contribution in [-0.4, -0.2) is 23.1 Å². The Hall–Kier alpha value is -1.35. The van der Waals surface area contributed by atoms with Gasteiger partial charge in [0.2, 0.25) is 0 Å². The van der Waals surface area contributed by atoms with Gasteiger partial charge in [-0.05, 0) is 62.8 Å². The first-order valence-corrected chi connectivity index (χ1v) is 6.94. The Morgan fingerprint density at radius 3 is 2.89 bits per heavy atom. The molecule has 96 valence electrons.